The first-order chi connectivity index (χ1) is 23.0. The number of rotatable bonds is 9. The van der Waals surface area contributed by atoms with E-state index < -0.39 is 49.7 Å². The lowest BCUT2D eigenvalue weighted by atomic mass is 10.1. The molecule has 0 saturated carbocycles. The van der Waals surface area contributed by atoms with E-state index in [1.807, 2.05) is 5.32 Å². The second kappa shape index (κ2) is 16.1. The summed E-state index contributed by atoms with van der Waals surface area (Å²) in [4.78, 5) is 44.4. The maximum Gasteiger partial charge on any atom is 0.419 e. The molecule has 2 aromatic heterocycles. The molecule has 2 amide bonds. The van der Waals surface area contributed by atoms with Crippen LogP contribution >= 0.6 is 23.2 Å². The van der Waals surface area contributed by atoms with Crippen LogP contribution in [0.15, 0.2) is 65.8 Å². The van der Waals surface area contributed by atoms with E-state index in [9.17, 15) is 41.3 Å². The second-order valence-corrected chi connectivity index (χ2v) is 11.2. The highest BCUT2D eigenvalue weighted by Gasteiger charge is 2.38. The maximum absolute atomic E-state index is 12.9. The summed E-state index contributed by atoms with van der Waals surface area (Å²) in [7, 11) is -1.25. The lowest BCUT2D eigenvalue weighted by Gasteiger charge is -2.13. The lowest BCUT2D eigenvalue weighted by Crippen LogP contribution is -2.36. The molecule has 2 heterocycles. The van der Waals surface area contributed by atoms with Crippen LogP contribution in [-0.4, -0.2) is 61.6 Å². The topological polar surface area (TPSA) is 211 Å². The molecule has 0 fully saturated rings. The van der Waals surface area contributed by atoms with E-state index in [1.54, 1.807) is 12.1 Å². The number of halogens is 5. The van der Waals surface area contributed by atoms with Gasteiger partial charge in [-0.05, 0) is 36.4 Å². The summed E-state index contributed by atoms with van der Waals surface area (Å²) in [6, 6.07) is 9.65. The Morgan fingerprint density at radius 1 is 0.959 bits per heavy atom. The van der Waals surface area contributed by atoms with Crippen molar-refractivity contribution in [3.05, 3.63) is 92.1 Å². The molecule has 4 aromatic rings. The zero-order valence-electron chi connectivity index (χ0n) is 24.9. The Balaban J connectivity index is 0.000000271. The number of esters is 1. The molecule has 0 atom stereocenters. The predicted octanol–water partition coefficient (Wildman–Crippen LogP) is 5.90. The van der Waals surface area contributed by atoms with Crippen molar-refractivity contribution in [1.82, 2.24) is 19.7 Å². The molecule has 0 saturated heterocycles. The first-order valence-electron chi connectivity index (χ1n) is 12.8. The second-order valence-electron chi connectivity index (χ2n) is 8.79. The number of hydrogen-bond donors (Lipinski definition) is 2. The smallest absolute Gasteiger partial charge is 0.419 e. The number of amides is 2. The van der Waals surface area contributed by atoms with Gasteiger partial charge in [-0.15, -0.1) is 0 Å². The van der Waals surface area contributed by atoms with Crippen molar-refractivity contribution in [2.75, 3.05) is 26.6 Å². The number of nitrogens with one attached hydrogen (secondary N) is 2. The van der Waals surface area contributed by atoms with Gasteiger partial charge in [0.05, 0.1) is 42.9 Å². The van der Waals surface area contributed by atoms with Gasteiger partial charge >= 0.3 is 18.2 Å². The molecule has 22 heteroatoms. The number of pyridine rings is 1. The quantitative estimate of drug-likeness (QED) is 0.116. The number of ether oxygens (including phenoxy) is 4. The van der Waals surface area contributed by atoms with Crippen molar-refractivity contribution in [2.24, 2.45) is 0 Å². The van der Waals surface area contributed by atoms with E-state index >= 15 is 0 Å². The first-order valence-corrected chi connectivity index (χ1v) is 15.1. The van der Waals surface area contributed by atoms with Crippen molar-refractivity contribution in [2.45, 2.75) is 11.2 Å². The van der Waals surface area contributed by atoms with Gasteiger partial charge in [-0.2, -0.15) is 31.6 Å². The fraction of sp³-hybridized carbons (Fsp3) is 0.148. The van der Waals surface area contributed by atoms with Crippen LogP contribution in [0.25, 0.3) is 0 Å². The molecule has 260 valence electrons. The molecule has 0 radical (unpaired) electrons. The van der Waals surface area contributed by atoms with Crippen molar-refractivity contribution in [1.29, 1.82) is 0 Å². The maximum atomic E-state index is 12.9. The Morgan fingerprint density at radius 2 is 1.61 bits per heavy atom. The number of alkyl halides is 3. The lowest BCUT2D eigenvalue weighted by molar-refractivity contribution is -0.385. The number of hydrogen-bond acceptors (Lipinski definition) is 13. The van der Waals surface area contributed by atoms with Gasteiger partial charge in [0.15, 0.2) is 5.03 Å². The number of aromatic nitrogens is 3. The van der Waals surface area contributed by atoms with E-state index in [2.05, 4.69) is 19.7 Å². The molecule has 0 unspecified atom stereocenters. The summed E-state index contributed by atoms with van der Waals surface area (Å²) < 4.78 is 84.2. The van der Waals surface area contributed by atoms with E-state index in [0.29, 0.717) is 16.8 Å². The third-order valence-electron chi connectivity index (χ3n) is 5.57. The van der Waals surface area contributed by atoms with Crippen LogP contribution in [-0.2, 0) is 20.9 Å². The average molecular weight is 749 g/mol. The Bertz CT molecular complexity index is 1970. The molecule has 0 aliphatic heterocycles. The van der Waals surface area contributed by atoms with Crippen molar-refractivity contribution in [3.8, 4) is 23.3 Å². The average Bonchev–Trinajstić information content (AvgIpc) is 3.04. The largest absolute Gasteiger partial charge is 0.481 e. The van der Waals surface area contributed by atoms with E-state index in [4.69, 9.17) is 37.4 Å². The van der Waals surface area contributed by atoms with Crippen molar-refractivity contribution in [3.63, 3.8) is 0 Å². The number of nitro benzene ring substituents is 1. The summed E-state index contributed by atoms with van der Waals surface area (Å²) in [6.45, 7) is 0. The highest BCUT2D eigenvalue weighted by atomic mass is 35.5. The van der Waals surface area contributed by atoms with Gasteiger partial charge in [-0.25, -0.2) is 19.3 Å². The van der Waals surface area contributed by atoms with Gasteiger partial charge in [-0.3, -0.25) is 15.4 Å². The van der Waals surface area contributed by atoms with Gasteiger partial charge < -0.3 is 18.9 Å². The summed E-state index contributed by atoms with van der Waals surface area (Å²) in [6.07, 6.45) is -4.14. The van der Waals surface area contributed by atoms with Gasteiger partial charge in [0.25, 0.3) is 15.7 Å². The third kappa shape index (κ3) is 10.3. The number of carbonyl (C=O) groups excluding carboxylic acids is 2. The van der Waals surface area contributed by atoms with E-state index in [0.717, 1.165) is 25.4 Å². The molecule has 0 bridgehead atoms. The van der Waals surface area contributed by atoms with Crippen LogP contribution in [0.5, 0.6) is 23.3 Å². The monoisotopic (exact) mass is 748 g/mol. The summed E-state index contributed by atoms with van der Waals surface area (Å²) in [5, 5.41) is 12.2. The Kier molecular flexibility index (Phi) is 12.5. The summed E-state index contributed by atoms with van der Waals surface area (Å²) in [5.74, 6) is -0.755. The minimum absolute atomic E-state index is 0.0101. The minimum atomic E-state index is -4.99. The molecular formula is C27H21Cl2F3N6O10S. The highest BCUT2D eigenvalue weighted by molar-refractivity contribution is 7.90. The Labute approximate surface area is 284 Å². The van der Waals surface area contributed by atoms with Crippen LogP contribution < -0.4 is 24.2 Å². The molecule has 0 aliphatic rings. The number of benzene rings is 2. The van der Waals surface area contributed by atoms with E-state index in [-0.39, 0.29) is 33.8 Å². The number of methoxy groups -OCH3 is 3. The van der Waals surface area contributed by atoms with Gasteiger partial charge in [0, 0.05) is 23.4 Å². The number of anilines is 1. The number of nitro groups is 1. The zero-order valence-corrected chi connectivity index (χ0v) is 27.3. The molecule has 2 N–H and O–H groups in total. The Morgan fingerprint density at radius 3 is 2.16 bits per heavy atom. The Hall–Kier alpha value is -5.47. The van der Waals surface area contributed by atoms with Gasteiger partial charge in [0.2, 0.25) is 17.7 Å². The van der Waals surface area contributed by atoms with Crippen LogP contribution in [0, 0.1) is 10.1 Å². The number of urea groups is 1. The van der Waals surface area contributed by atoms with Crippen LogP contribution in [0.3, 0.4) is 0 Å². The minimum Gasteiger partial charge on any atom is -0.481 e. The summed E-state index contributed by atoms with van der Waals surface area (Å²) in [5.41, 5.74) is -2.11. The fourth-order valence-corrected chi connectivity index (χ4v) is 5.00. The van der Waals surface area contributed by atoms with Crippen LogP contribution in [0.1, 0.15) is 15.9 Å². The number of nitrogens with zero attached hydrogens (tertiary/aromatic N) is 4. The summed E-state index contributed by atoms with van der Waals surface area (Å²) >= 11 is 11.8. The molecule has 49 heavy (non-hydrogen) atoms. The number of sulfonamides is 1. The molecule has 16 nitrogen and oxygen atoms in total. The zero-order chi connectivity index (χ0) is 36.5. The predicted molar refractivity (Wildman–Crippen MR) is 165 cm³/mol. The normalized spacial score (nSPS) is 10.9. The molecule has 4 rings (SSSR count). The van der Waals surface area contributed by atoms with E-state index in [1.165, 1.54) is 43.2 Å². The standard InChI is InChI=1S/C14H9Cl2NO5.C13H12F3N5O5S/c1-21-14(18)10-7-9(3-4-12(10)17(19)20)22-13-5-2-8(15)6-11(13)16;1-25-8-6-9(26-2)19-11(18-8)20-12(22)21-27(23,24)10-7(13(14,15)16)4-3-5-17-10/h2-7H,1H3;3-6H,1-2H3,(H2,18,19,20,21,22). The first kappa shape index (κ1) is 38.0. The van der Waals surface area contributed by atoms with Crippen LogP contribution in [0.2, 0.25) is 10.0 Å². The van der Waals surface area contributed by atoms with Gasteiger partial charge in [-0.1, -0.05) is 23.2 Å². The van der Waals surface area contributed by atoms with Crippen LogP contribution in [0.4, 0.5) is 29.6 Å². The molecule has 0 aliphatic carbocycles. The number of carbonyl (C=O) groups is 2. The van der Waals surface area contributed by atoms with Gasteiger partial charge in [0.1, 0.15) is 17.1 Å². The SMILES string of the molecule is COC(=O)c1cc(Oc2ccc(Cl)cc2Cl)ccc1[N+](=O)[O-].COc1cc(OC)nc(NC(=O)NS(=O)(=O)c2ncccc2C(F)(F)F)n1. The fourth-order valence-electron chi connectivity index (χ4n) is 3.48. The molecular weight excluding hydrogens is 728 g/mol. The third-order valence-corrected chi connectivity index (χ3v) is 7.39. The highest BCUT2D eigenvalue weighted by Crippen LogP contribution is 2.34. The molecule has 2 aromatic carbocycles. The van der Waals surface area contributed by atoms with Crippen molar-refractivity contribution >= 4 is 56.9 Å². The molecule has 0 spiro atoms. The van der Waals surface area contributed by atoms with Crippen molar-refractivity contribution < 1.29 is 55.0 Å².